The lowest BCUT2D eigenvalue weighted by atomic mass is 10.0. The molecule has 0 aliphatic carbocycles. The maximum absolute atomic E-state index is 4.80. The highest BCUT2D eigenvalue weighted by atomic mass is 15.1. The minimum absolute atomic E-state index is 0.959. The molecule has 0 unspecified atom stereocenters. The Morgan fingerprint density at radius 1 is 0.286 bits per heavy atom. The summed E-state index contributed by atoms with van der Waals surface area (Å²) in [6.07, 6.45) is 1.96. The van der Waals surface area contributed by atoms with Crippen LogP contribution < -0.4 is 9.80 Å². The van der Waals surface area contributed by atoms with Crippen LogP contribution >= 0.6 is 0 Å². The topological polar surface area (TPSA) is 24.3 Å². The molecule has 0 spiro atoms. The molecule has 0 aliphatic rings. The van der Waals surface area contributed by atoms with Crippen molar-refractivity contribution in [3.8, 4) is 39.2 Å². The van der Waals surface area contributed by atoms with Crippen molar-refractivity contribution in [2.75, 3.05) is 9.80 Å². The van der Waals surface area contributed by atoms with Crippen LogP contribution in [0.1, 0.15) is 0 Å². The van der Waals surface area contributed by atoms with E-state index >= 15 is 0 Å². The van der Waals surface area contributed by atoms with Gasteiger partial charge in [-0.05, 0) is 120 Å². The second kappa shape index (κ2) is 16.5. The van der Waals surface area contributed by atoms with E-state index in [9.17, 15) is 0 Å². The van der Waals surface area contributed by atoms with Crippen LogP contribution in [0.4, 0.5) is 34.1 Å². The predicted molar refractivity (Wildman–Crippen MR) is 264 cm³/mol. The van der Waals surface area contributed by atoms with E-state index in [1.54, 1.807) is 0 Å². The second-order valence-electron chi connectivity index (χ2n) is 15.7. The molecule has 0 radical (unpaired) electrons. The maximum atomic E-state index is 4.80. The molecule has 11 aromatic rings. The first kappa shape index (κ1) is 37.5. The van der Waals surface area contributed by atoms with Crippen LogP contribution in [0.25, 0.3) is 61.0 Å². The van der Waals surface area contributed by atoms with E-state index in [-0.39, 0.29) is 0 Å². The third-order valence-electron chi connectivity index (χ3n) is 11.8. The Balaban J connectivity index is 1.01. The molecule has 0 saturated heterocycles. The van der Waals surface area contributed by atoms with Crippen LogP contribution in [-0.4, -0.2) is 9.55 Å². The Bertz CT molecular complexity index is 3060. The lowest BCUT2D eigenvalue weighted by molar-refractivity contribution is 1.18. The van der Waals surface area contributed by atoms with Gasteiger partial charge in [-0.3, -0.25) is 4.98 Å². The average Bonchev–Trinajstić information content (AvgIpc) is 3.69. The number of anilines is 6. The number of nitrogens with zero attached hydrogens (tertiary/aromatic N) is 4. The highest BCUT2D eigenvalue weighted by molar-refractivity contribution is 6.12. The van der Waals surface area contributed by atoms with E-state index in [4.69, 9.17) is 4.98 Å². The molecule has 0 saturated carbocycles. The van der Waals surface area contributed by atoms with Crippen molar-refractivity contribution in [3.05, 3.63) is 255 Å². The van der Waals surface area contributed by atoms with Crippen LogP contribution in [0.3, 0.4) is 0 Å². The minimum atomic E-state index is 0.959. The molecule has 11 rings (SSSR count). The van der Waals surface area contributed by atoms with E-state index < -0.39 is 0 Å². The van der Waals surface area contributed by atoms with Gasteiger partial charge in [-0.1, -0.05) is 146 Å². The Morgan fingerprint density at radius 2 is 0.651 bits per heavy atom. The molecule has 2 aromatic heterocycles. The van der Waals surface area contributed by atoms with Crippen molar-refractivity contribution in [3.63, 3.8) is 0 Å². The molecular weight excluding hydrogens is 765 g/mol. The number of rotatable bonds is 10. The van der Waals surface area contributed by atoms with Crippen molar-refractivity contribution in [2.45, 2.75) is 0 Å². The lowest BCUT2D eigenvalue weighted by Crippen LogP contribution is -2.09. The standard InChI is InChI=1S/C59H42N4/c1-6-16-43(17-7-1)47-32-37-57(60-42-47)46-28-26-44(27-29-46)45-30-33-52(34-31-45)63-58-38-35-53(61(48-18-8-2-9-19-48)49-20-10-3-11-21-49)40-55(58)56-41-54(36-39-59(56)63)62(50-22-12-4-13-23-50)51-24-14-5-15-25-51/h1-42H. The molecule has 0 N–H and O–H groups in total. The van der Waals surface area contributed by atoms with Gasteiger partial charge < -0.3 is 14.4 Å². The van der Waals surface area contributed by atoms with Gasteiger partial charge in [-0.15, -0.1) is 0 Å². The van der Waals surface area contributed by atoms with Gasteiger partial charge in [0.15, 0.2) is 0 Å². The number of para-hydroxylation sites is 4. The number of hydrogen-bond donors (Lipinski definition) is 0. The van der Waals surface area contributed by atoms with Crippen molar-refractivity contribution in [1.82, 2.24) is 9.55 Å². The summed E-state index contributed by atoms with van der Waals surface area (Å²) >= 11 is 0. The summed E-state index contributed by atoms with van der Waals surface area (Å²) in [6.45, 7) is 0. The third-order valence-corrected chi connectivity index (χ3v) is 11.8. The van der Waals surface area contributed by atoms with E-state index in [0.717, 1.165) is 78.8 Å². The van der Waals surface area contributed by atoms with Gasteiger partial charge in [0.1, 0.15) is 0 Å². The molecule has 0 atom stereocenters. The number of aromatic nitrogens is 2. The largest absolute Gasteiger partial charge is 0.310 e. The number of hydrogen-bond acceptors (Lipinski definition) is 3. The summed E-state index contributed by atoms with van der Waals surface area (Å²) in [4.78, 5) is 9.47. The van der Waals surface area contributed by atoms with Gasteiger partial charge >= 0.3 is 0 Å². The first-order valence-electron chi connectivity index (χ1n) is 21.4. The summed E-state index contributed by atoms with van der Waals surface area (Å²) in [5.41, 5.74) is 16.6. The quantitative estimate of drug-likeness (QED) is 0.138. The smallest absolute Gasteiger partial charge is 0.0702 e. The molecule has 298 valence electrons. The highest BCUT2D eigenvalue weighted by Crippen LogP contribution is 2.43. The second-order valence-corrected chi connectivity index (χ2v) is 15.7. The van der Waals surface area contributed by atoms with Gasteiger partial charge in [-0.2, -0.15) is 0 Å². The summed E-state index contributed by atoms with van der Waals surface area (Å²) in [5, 5.41) is 2.35. The Morgan fingerprint density at radius 3 is 1.06 bits per heavy atom. The van der Waals surface area contributed by atoms with E-state index in [0.29, 0.717) is 0 Å². The molecule has 4 nitrogen and oxygen atoms in total. The summed E-state index contributed by atoms with van der Waals surface area (Å²) < 4.78 is 2.40. The first-order valence-corrected chi connectivity index (χ1v) is 21.4. The van der Waals surface area contributed by atoms with Crippen LogP contribution in [0, 0.1) is 0 Å². The molecule has 0 bridgehead atoms. The fourth-order valence-electron chi connectivity index (χ4n) is 8.76. The SMILES string of the molecule is c1ccc(-c2ccc(-c3ccc(-c4ccc(-n5c6ccc(N(c7ccccc7)c7ccccc7)cc6c6cc(N(c7ccccc7)c7ccccc7)ccc65)cc4)cc3)nc2)cc1. The zero-order valence-electron chi connectivity index (χ0n) is 34.5. The van der Waals surface area contributed by atoms with Gasteiger partial charge in [-0.25, -0.2) is 0 Å². The average molecular weight is 807 g/mol. The van der Waals surface area contributed by atoms with Crippen molar-refractivity contribution >= 4 is 55.9 Å². The monoisotopic (exact) mass is 806 g/mol. The van der Waals surface area contributed by atoms with Gasteiger partial charge in [0.05, 0.1) is 16.7 Å². The van der Waals surface area contributed by atoms with Crippen LogP contribution in [0.5, 0.6) is 0 Å². The Kier molecular flexibility index (Phi) is 9.85. The number of benzene rings is 9. The number of fused-ring (bicyclic) bond motifs is 3. The van der Waals surface area contributed by atoms with Crippen LogP contribution in [-0.2, 0) is 0 Å². The molecule has 0 aliphatic heterocycles. The molecule has 63 heavy (non-hydrogen) atoms. The minimum Gasteiger partial charge on any atom is -0.310 e. The highest BCUT2D eigenvalue weighted by Gasteiger charge is 2.20. The van der Waals surface area contributed by atoms with E-state index in [1.165, 1.54) is 16.3 Å². The number of pyridine rings is 1. The van der Waals surface area contributed by atoms with Crippen molar-refractivity contribution in [2.24, 2.45) is 0 Å². The van der Waals surface area contributed by atoms with Crippen molar-refractivity contribution in [1.29, 1.82) is 0 Å². The van der Waals surface area contributed by atoms with E-state index in [1.807, 2.05) is 12.3 Å². The fraction of sp³-hybridized carbons (Fsp3) is 0. The van der Waals surface area contributed by atoms with Crippen molar-refractivity contribution < 1.29 is 0 Å². The lowest BCUT2D eigenvalue weighted by Gasteiger charge is -2.26. The zero-order chi connectivity index (χ0) is 42.0. The Labute approximate surface area is 367 Å². The van der Waals surface area contributed by atoms with Gasteiger partial charge in [0, 0.05) is 67.9 Å². The fourth-order valence-corrected chi connectivity index (χ4v) is 8.76. The van der Waals surface area contributed by atoms with Crippen LogP contribution in [0.2, 0.25) is 0 Å². The van der Waals surface area contributed by atoms with Gasteiger partial charge in [0.25, 0.3) is 0 Å². The predicted octanol–water partition coefficient (Wildman–Crippen LogP) is 16.1. The third kappa shape index (κ3) is 7.30. The summed E-state index contributed by atoms with van der Waals surface area (Å²) in [7, 11) is 0. The molecule has 9 aromatic carbocycles. The molecule has 2 heterocycles. The molecule has 0 amide bonds. The molecular formula is C59H42N4. The normalized spacial score (nSPS) is 11.2. The van der Waals surface area contributed by atoms with E-state index in [2.05, 4.69) is 257 Å². The summed E-state index contributed by atoms with van der Waals surface area (Å²) in [6, 6.07) is 88.5. The van der Waals surface area contributed by atoms with Gasteiger partial charge in [0.2, 0.25) is 0 Å². The van der Waals surface area contributed by atoms with Crippen LogP contribution in [0.15, 0.2) is 255 Å². The molecule has 0 fully saturated rings. The zero-order valence-corrected chi connectivity index (χ0v) is 34.5. The first-order chi connectivity index (χ1) is 31.2. The molecule has 4 heteroatoms. The Hall–Kier alpha value is -8.47. The summed E-state index contributed by atoms with van der Waals surface area (Å²) in [5.74, 6) is 0. The maximum Gasteiger partial charge on any atom is 0.0702 e.